The molecule has 5 N–H and O–H groups in total. The number of urea groups is 1. The molecular weight excluding hydrogens is 402 g/mol. The van der Waals surface area contributed by atoms with E-state index in [2.05, 4.69) is 36.2 Å². The molecule has 3 aromatic heterocycles. The van der Waals surface area contributed by atoms with E-state index in [1.807, 2.05) is 18.3 Å². The lowest BCUT2D eigenvalue weighted by Crippen LogP contribution is -2.41. The number of carbonyl (C=O) groups excluding carboxylic acids is 2. The number of H-pyrrole nitrogens is 1. The van der Waals surface area contributed by atoms with E-state index < -0.39 is 6.03 Å². The highest BCUT2D eigenvalue weighted by Crippen LogP contribution is 2.35. The summed E-state index contributed by atoms with van der Waals surface area (Å²) in [6.45, 7) is 1.71. The Morgan fingerprint density at radius 2 is 2.13 bits per heavy atom. The van der Waals surface area contributed by atoms with Gasteiger partial charge in [0, 0.05) is 31.2 Å². The number of nitrogens with zero attached hydrogens (tertiary/aromatic N) is 2. The summed E-state index contributed by atoms with van der Waals surface area (Å²) in [6, 6.07) is 5.19. The van der Waals surface area contributed by atoms with Crippen molar-refractivity contribution in [2.45, 2.75) is 25.3 Å². The predicted molar refractivity (Wildman–Crippen MR) is 117 cm³/mol. The van der Waals surface area contributed by atoms with Crippen LogP contribution in [0.3, 0.4) is 0 Å². The zero-order valence-corrected chi connectivity index (χ0v) is 17.1. The van der Waals surface area contributed by atoms with Crippen LogP contribution >= 0.6 is 11.3 Å². The number of rotatable bonds is 5. The zero-order chi connectivity index (χ0) is 20.8. The first kappa shape index (κ1) is 20.0. The molecule has 0 aromatic carbocycles. The summed E-state index contributed by atoms with van der Waals surface area (Å²) < 4.78 is 0. The third kappa shape index (κ3) is 5.02. The lowest BCUT2D eigenvalue weighted by atomic mass is 10.1. The van der Waals surface area contributed by atoms with Crippen molar-refractivity contribution in [1.82, 2.24) is 25.6 Å². The molecule has 0 aliphatic carbocycles. The molecule has 4 rings (SSSR count). The fourth-order valence-electron chi connectivity index (χ4n) is 3.29. The standard InChI is InChI=1S/C20H23N7O2S/c28-18(25-13-4-1-2-6-21-11-13)14-10-16(15-5-3-7-23-15)30-19(14)27-20(29)26-17-12-22-8-9-24-17/h3,5,7-10,12-13,21,23H,1-2,4,6,11H2,(H,25,28)(H2,24,26,27,29)/t13-/m0/s1. The Bertz CT molecular complexity index is 980. The summed E-state index contributed by atoms with van der Waals surface area (Å²) in [5, 5.41) is 12.3. The van der Waals surface area contributed by atoms with Gasteiger partial charge in [-0.05, 0) is 37.6 Å². The molecular formula is C20H23N7O2S. The molecule has 156 valence electrons. The van der Waals surface area contributed by atoms with Crippen LogP contribution in [0.2, 0.25) is 0 Å². The second-order valence-corrected chi connectivity index (χ2v) is 8.03. The monoisotopic (exact) mass is 425 g/mol. The average Bonchev–Trinajstić information content (AvgIpc) is 3.34. The van der Waals surface area contributed by atoms with Gasteiger partial charge < -0.3 is 15.6 Å². The smallest absolute Gasteiger partial charge is 0.325 e. The van der Waals surface area contributed by atoms with E-state index in [4.69, 9.17) is 0 Å². The van der Waals surface area contributed by atoms with Crippen LogP contribution < -0.4 is 21.3 Å². The zero-order valence-electron chi connectivity index (χ0n) is 16.3. The van der Waals surface area contributed by atoms with Gasteiger partial charge in [-0.1, -0.05) is 6.42 Å². The third-order valence-electron chi connectivity index (χ3n) is 4.75. The van der Waals surface area contributed by atoms with E-state index in [1.165, 1.54) is 29.9 Å². The van der Waals surface area contributed by atoms with Gasteiger partial charge in [0.1, 0.15) is 5.00 Å². The molecule has 1 aliphatic heterocycles. The van der Waals surface area contributed by atoms with Crippen LogP contribution in [0.4, 0.5) is 15.6 Å². The Hall–Kier alpha value is -3.24. The van der Waals surface area contributed by atoms with Crippen molar-refractivity contribution < 1.29 is 9.59 Å². The van der Waals surface area contributed by atoms with Crippen LogP contribution in [-0.2, 0) is 0 Å². The number of thiophene rings is 1. The van der Waals surface area contributed by atoms with Gasteiger partial charge in [0.2, 0.25) is 0 Å². The highest BCUT2D eigenvalue weighted by atomic mass is 32.1. The maximum atomic E-state index is 13.0. The average molecular weight is 426 g/mol. The van der Waals surface area contributed by atoms with Gasteiger partial charge in [-0.2, -0.15) is 0 Å². The fourth-order valence-corrected chi connectivity index (χ4v) is 4.33. The third-order valence-corrected chi connectivity index (χ3v) is 5.84. The molecule has 9 nitrogen and oxygen atoms in total. The minimum Gasteiger partial charge on any atom is -0.361 e. The molecule has 0 radical (unpaired) electrons. The first-order valence-electron chi connectivity index (χ1n) is 9.82. The number of carbonyl (C=O) groups is 2. The normalized spacial score (nSPS) is 16.5. The van der Waals surface area contributed by atoms with Crippen molar-refractivity contribution in [2.24, 2.45) is 0 Å². The summed E-state index contributed by atoms with van der Waals surface area (Å²) in [5.41, 5.74) is 1.32. The molecule has 0 unspecified atom stereocenters. The molecule has 4 heterocycles. The molecule has 1 aliphatic rings. The summed E-state index contributed by atoms with van der Waals surface area (Å²) >= 11 is 1.33. The minimum absolute atomic E-state index is 0.0649. The highest BCUT2D eigenvalue weighted by molar-refractivity contribution is 7.20. The SMILES string of the molecule is O=C(Nc1cnccn1)Nc1sc(-c2ccc[nH]2)cc1C(=O)N[C@H]1CCCCNC1. The van der Waals surface area contributed by atoms with E-state index in [1.54, 1.807) is 6.07 Å². The van der Waals surface area contributed by atoms with Crippen LogP contribution in [-0.4, -0.2) is 46.0 Å². The maximum Gasteiger partial charge on any atom is 0.325 e. The summed E-state index contributed by atoms with van der Waals surface area (Å²) in [7, 11) is 0. The molecule has 0 spiro atoms. The predicted octanol–water partition coefficient (Wildman–Crippen LogP) is 3.05. The molecule has 0 bridgehead atoms. The molecule has 3 aromatic rings. The van der Waals surface area contributed by atoms with Crippen LogP contribution in [0, 0.1) is 0 Å². The maximum absolute atomic E-state index is 13.0. The van der Waals surface area contributed by atoms with Crippen molar-refractivity contribution >= 4 is 34.1 Å². The topological polar surface area (TPSA) is 124 Å². The van der Waals surface area contributed by atoms with Crippen LogP contribution in [0.25, 0.3) is 10.6 Å². The van der Waals surface area contributed by atoms with Gasteiger partial charge in [-0.15, -0.1) is 11.3 Å². The molecule has 1 fully saturated rings. The van der Waals surface area contributed by atoms with E-state index >= 15 is 0 Å². The number of hydrogen-bond acceptors (Lipinski definition) is 6. The number of hydrogen-bond donors (Lipinski definition) is 5. The second kappa shape index (κ2) is 9.51. The van der Waals surface area contributed by atoms with Crippen LogP contribution in [0.5, 0.6) is 0 Å². The van der Waals surface area contributed by atoms with Gasteiger partial charge in [-0.3, -0.25) is 20.4 Å². The Morgan fingerprint density at radius 1 is 1.20 bits per heavy atom. The number of aromatic nitrogens is 3. The second-order valence-electron chi connectivity index (χ2n) is 6.98. The fraction of sp³-hybridized carbons (Fsp3) is 0.300. The molecule has 30 heavy (non-hydrogen) atoms. The largest absolute Gasteiger partial charge is 0.361 e. The first-order chi connectivity index (χ1) is 14.7. The van der Waals surface area contributed by atoms with Gasteiger partial charge in [0.05, 0.1) is 22.3 Å². The number of nitrogens with one attached hydrogen (secondary N) is 5. The Kier molecular flexibility index (Phi) is 6.35. The van der Waals surface area contributed by atoms with Gasteiger partial charge in [0.15, 0.2) is 5.82 Å². The summed E-state index contributed by atoms with van der Waals surface area (Å²) in [5.74, 6) is 0.124. The quantitative estimate of drug-likeness (QED) is 0.430. The van der Waals surface area contributed by atoms with Crippen LogP contribution in [0.1, 0.15) is 29.6 Å². The van der Waals surface area contributed by atoms with Gasteiger partial charge in [0.25, 0.3) is 5.91 Å². The lowest BCUT2D eigenvalue weighted by molar-refractivity contribution is 0.0937. The van der Waals surface area contributed by atoms with E-state index in [0.717, 1.165) is 42.9 Å². The van der Waals surface area contributed by atoms with E-state index in [9.17, 15) is 9.59 Å². The van der Waals surface area contributed by atoms with Crippen LogP contribution in [0.15, 0.2) is 43.0 Å². The molecule has 10 heteroatoms. The van der Waals surface area contributed by atoms with Crippen molar-refractivity contribution in [3.63, 3.8) is 0 Å². The lowest BCUT2D eigenvalue weighted by Gasteiger charge is -2.16. The Labute approximate surface area is 177 Å². The van der Waals surface area contributed by atoms with Crippen molar-refractivity contribution in [3.8, 4) is 10.6 Å². The molecule has 1 saturated heterocycles. The number of anilines is 2. The number of aromatic amines is 1. The summed E-state index contributed by atoms with van der Waals surface area (Å²) in [6.07, 6.45) is 9.39. The van der Waals surface area contributed by atoms with Gasteiger partial charge >= 0.3 is 6.03 Å². The minimum atomic E-state index is -0.486. The highest BCUT2D eigenvalue weighted by Gasteiger charge is 2.22. The Morgan fingerprint density at radius 3 is 2.93 bits per heavy atom. The molecule has 3 amide bonds. The molecule has 0 saturated carbocycles. The van der Waals surface area contributed by atoms with Crippen molar-refractivity contribution in [2.75, 3.05) is 23.7 Å². The first-order valence-corrected chi connectivity index (χ1v) is 10.6. The van der Waals surface area contributed by atoms with E-state index in [0.29, 0.717) is 16.4 Å². The van der Waals surface area contributed by atoms with Gasteiger partial charge in [-0.25, -0.2) is 9.78 Å². The Balaban J connectivity index is 1.53. The van der Waals surface area contributed by atoms with E-state index in [-0.39, 0.29) is 11.9 Å². The number of amides is 3. The molecule has 1 atom stereocenters. The van der Waals surface area contributed by atoms with Crippen molar-refractivity contribution in [1.29, 1.82) is 0 Å². The summed E-state index contributed by atoms with van der Waals surface area (Å²) in [4.78, 5) is 37.4. The van der Waals surface area contributed by atoms with Crippen molar-refractivity contribution in [3.05, 3.63) is 48.5 Å².